The molecule has 140 valence electrons. The van der Waals surface area contributed by atoms with E-state index in [0.29, 0.717) is 26.2 Å². The molecule has 0 aromatic heterocycles. The minimum absolute atomic E-state index is 0.431. The fourth-order valence-electron chi connectivity index (χ4n) is 2.75. The lowest BCUT2D eigenvalue weighted by Gasteiger charge is -2.24. The zero-order chi connectivity index (χ0) is 18.8. The largest absolute Gasteiger partial charge is 0.496 e. The van der Waals surface area contributed by atoms with Crippen LogP contribution in [0, 0.1) is 0 Å². The van der Waals surface area contributed by atoms with Crippen molar-refractivity contribution < 1.29 is 19.0 Å². The summed E-state index contributed by atoms with van der Waals surface area (Å²) in [4.78, 5) is 13.5. The third-order valence-corrected chi connectivity index (χ3v) is 4.06. The van der Waals surface area contributed by atoms with Crippen LogP contribution in [0.2, 0.25) is 0 Å². The predicted octanol–water partition coefficient (Wildman–Crippen LogP) is 3.06. The molecule has 2 aromatic rings. The number of amides is 1. The van der Waals surface area contributed by atoms with Gasteiger partial charge in [-0.2, -0.15) is 0 Å². The van der Waals surface area contributed by atoms with Gasteiger partial charge in [0.15, 0.2) is 0 Å². The zero-order valence-electron chi connectivity index (χ0n) is 15.5. The third kappa shape index (κ3) is 5.67. The number of hydrogen-bond acceptors (Lipinski definition) is 5. The summed E-state index contributed by atoms with van der Waals surface area (Å²) in [6, 6.07) is 15.9. The molecule has 1 amide bonds. The molecule has 0 unspecified atom stereocenters. The van der Waals surface area contributed by atoms with E-state index in [1.54, 1.807) is 14.2 Å². The number of benzene rings is 2. The van der Waals surface area contributed by atoms with Gasteiger partial charge in [-0.05, 0) is 12.1 Å². The molecule has 0 bridgehead atoms. The van der Waals surface area contributed by atoms with Crippen molar-refractivity contribution in [3.8, 4) is 11.5 Å². The van der Waals surface area contributed by atoms with Crippen LogP contribution in [0.25, 0.3) is 0 Å². The molecule has 0 aliphatic rings. The Morgan fingerprint density at radius 2 is 1.38 bits per heavy atom. The minimum atomic E-state index is -0.431. The molecule has 2 aromatic carbocycles. The van der Waals surface area contributed by atoms with Gasteiger partial charge in [0.1, 0.15) is 11.5 Å². The molecule has 26 heavy (non-hydrogen) atoms. The Labute approximate surface area is 154 Å². The van der Waals surface area contributed by atoms with Crippen molar-refractivity contribution in [3.63, 3.8) is 0 Å². The van der Waals surface area contributed by atoms with Crippen molar-refractivity contribution in [3.05, 3.63) is 59.7 Å². The quantitative estimate of drug-likeness (QED) is 0.746. The summed E-state index contributed by atoms with van der Waals surface area (Å²) < 4.78 is 15.6. The van der Waals surface area contributed by atoms with E-state index in [1.165, 1.54) is 7.11 Å². The van der Waals surface area contributed by atoms with Crippen LogP contribution in [0.1, 0.15) is 11.1 Å². The lowest BCUT2D eigenvalue weighted by molar-refractivity contribution is 0.167. The summed E-state index contributed by atoms with van der Waals surface area (Å²) in [5.74, 6) is 1.69. The second-order valence-electron chi connectivity index (χ2n) is 5.75. The number of carbonyl (C=O) groups is 1. The van der Waals surface area contributed by atoms with Crippen LogP contribution in [0.3, 0.4) is 0 Å². The molecule has 0 aliphatic heterocycles. The predicted molar refractivity (Wildman–Crippen MR) is 101 cm³/mol. The summed E-state index contributed by atoms with van der Waals surface area (Å²) in [6.07, 6.45) is -0.431. The monoisotopic (exact) mass is 358 g/mol. The molecule has 0 saturated carbocycles. The topological polar surface area (TPSA) is 60.0 Å². The van der Waals surface area contributed by atoms with Gasteiger partial charge in [0.25, 0.3) is 0 Å². The molecule has 0 radical (unpaired) electrons. The zero-order valence-corrected chi connectivity index (χ0v) is 15.5. The van der Waals surface area contributed by atoms with Crippen molar-refractivity contribution in [2.45, 2.75) is 13.1 Å². The normalized spacial score (nSPS) is 10.5. The highest BCUT2D eigenvalue weighted by Crippen LogP contribution is 2.23. The van der Waals surface area contributed by atoms with Crippen LogP contribution in [0.15, 0.2) is 48.5 Å². The maximum Gasteiger partial charge on any atom is 0.406 e. The van der Waals surface area contributed by atoms with Crippen LogP contribution in [-0.4, -0.2) is 45.4 Å². The molecule has 0 saturated heterocycles. The summed E-state index contributed by atoms with van der Waals surface area (Å²) >= 11 is 0. The highest BCUT2D eigenvalue weighted by atomic mass is 16.5. The standard InChI is InChI=1S/C20H26N2O4/c1-24-18-10-6-4-8-16(18)14-22(13-12-21-20(23)26-3)15-17-9-5-7-11-19(17)25-2/h4-11H,12-15H2,1-3H3,(H,21,23). The van der Waals surface area contributed by atoms with Crippen LogP contribution >= 0.6 is 0 Å². The average Bonchev–Trinajstić information content (AvgIpc) is 2.68. The fraction of sp³-hybridized carbons (Fsp3) is 0.350. The SMILES string of the molecule is COC(=O)NCCN(Cc1ccccc1OC)Cc1ccccc1OC. The van der Waals surface area contributed by atoms with E-state index >= 15 is 0 Å². The van der Waals surface area contributed by atoms with Gasteiger partial charge in [-0.3, -0.25) is 4.90 Å². The Morgan fingerprint density at radius 1 is 0.885 bits per heavy atom. The number of carbonyl (C=O) groups excluding carboxylic acids is 1. The molecule has 1 N–H and O–H groups in total. The Kier molecular flexibility index (Phi) is 7.76. The first-order valence-electron chi connectivity index (χ1n) is 8.46. The van der Waals surface area contributed by atoms with Crippen molar-refractivity contribution in [1.29, 1.82) is 0 Å². The number of alkyl carbamates (subject to hydrolysis) is 1. The lowest BCUT2D eigenvalue weighted by Crippen LogP contribution is -2.34. The molecule has 0 atom stereocenters. The number of para-hydroxylation sites is 2. The van der Waals surface area contributed by atoms with E-state index in [2.05, 4.69) is 15.0 Å². The third-order valence-electron chi connectivity index (χ3n) is 4.06. The Balaban J connectivity index is 2.13. The molecule has 6 heteroatoms. The van der Waals surface area contributed by atoms with Gasteiger partial charge in [0.05, 0.1) is 21.3 Å². The van der Waals surface area contributed by atoms with E-state index in [-0.39, 0.29) is 0 Å². The van der Waals surface area contributed by atoms with Gasteiger partial charge in [-0.1, -0.05) is 36.4 Å². The number of methoxy groups -OCH3 is 3. The summed E-state index contributed by atoms with van der Waals surface area (Å²) in [5, 5.41) is 2.73. The Morgan fingerprint density at radius 3 is 1.85 bits per heavy atom. The minimum Gasteiger partial charge on any atom is -0.496 e. The lowest BCUT2D eigenvalue weighted by atomic mass is 10.1. The van der Waals surface area contributed by atoms with Crippen molar-refractivity contribution in [1.82, 2.24) is 10.2 Å². The van der Waals surface area contributed by atoms with Crippen molar-refractivity contribution in [2.24, 2.45) is 0 Å². The first kappa shape index (κ1) is 19.6. The first-order valence-corrected chi connectivity index (χ1v) is 8.46. The van der Waals surface area contributed by atoms with Crippen LogP contribution in [0.5, 0.6) is 11.5 Å². The van der Waals surface area contributed by atoms with E-state index in [4.69, 9.17) is 9.47 Å². The second kappa shape index (κ2) is 10.3. The van der Waals surface area contributed by atoms with Gasteiger partial charge >= 0.3 is 6.09 Å². The first-order chi connectivity index (χ1) is 12.7. The van der Waals surface area contributed by atoms with E-state index in [1.807, 2.05) is 48.5 Å². The summed E-state index contributed by atoms with van der Waals surface area (Å²) in [7, 11) is 4.70. The van der Waals surface area contributed by atoms with Crippen LogP contribution in [0.4, 0.5) is 4.79 Å². The van der Waals surface area contributed by atoms with Gasteiger partial charge in [0, 0.05) is 37.3 Å². The molecular weight excluding hydrogens is 332 g/mol. The number of ether oxygens (including phenoxy) is 3. The Bertz CT molecular complexity index is 656. The summed E-state index contributed by atoms with van der Waals surface area (Å²) in [6.45, 7) is 2.51. The highest BCUT2D eigenvalue weighted by Gasteiger charge is 2.13. The second-order valence-corrected chi connectivity index (χ2v) is 5.75. The molecular formula is C20H26N2O4. The smallest absolute Gasteiger partial charge is 0.406 e. The highest BCUT2D eigenvalue weighted by molar-refractivity contribution is 5.66. The van der Waals surface area contributed by atoms with Gasteiger partial charge in [0.2, 0.25) is 0 Å². The molecule has 0 heterocycles. The number of nitrogens with one attached hydrogen (secondary N) is 1. The number of rotatable bonds is 9. The molecule has 0 aliphatic carbocycles. The van der Waals surface area contributed by atoms with Gasteiger partial charge < -0.3 is 19.5 Å². The number of nitrogens with zero attached hydrogens (tertiary/aromatic N) is 1. The maximum absolute atomic E-state index is 11.3. The number of hydrogen-bond donors (Lipinski definition) is 1. The van der Waals surface area contributed by atoms with Gasteiger partial charge in [-0.25, -0.2) is 4.79 Å². The van der Waals surface area contributed by atoms with Crippen LogP contribution in [-0.2, 0) is 17.8 Å². The van der Waals surface area contributed by atoms with Crippen LogP contribution < -0.4 is 14.8 Å². The van der Waals surface area contributed by atoms with E-state index < -0.39 is 6.09 Å². The maximum atomic E-state index is 11.3. The van der Waals surface area contributed by atoms with Crippen molar-refractivity contribution >= 4 is 6.09 Å². The molecule has 2 rings (SSSR count). The molecule has 0 fully saturated rings. The fourth-order valence-corrected chi connectivity index (χ4v) is 2.75. The molecule has 0 spiro atoms. The summed E-state index contributed by atoms with van der Waals surface area (Å²) in [5.41, 5.74) is 2.17. The van der Waals surface area contributed by atoms with Gasteiger partial charge in [-0.15, -0.1) is 0 Å². The Hall–Kier alpha value is -2.73. The van der Waals surface area contributed by atoms with Crippen molar-refractivity contribution in [2.75, 3.05) is 34.4 Å². The molecule has 6 nitrogen and oxygen atoms in total. The average molecular weight is 358 g/mol. The van der Waals surface area contributed by atoms with E-state index in [0.717, 1.165) is 22.6 Å². The van der Waals surface area contributed by atoms with E-state index in [9.17, 15) is 4.79 Å².